The molecule has 0 spiro atoms. The highest BCUT2D eigenvalue weighted by molar-refractivity contribution is 6.21. The van der Waals surface area contributed by atoms with Gasteiger partial charge in [0.25, 0.3) is 0 Å². The Bertz CT molecular complexity index is 3300. The number of hydrogen-bond donors (Lipinski definition) is 0. The van der Waals surface area contributed by atoms with Crippen molar-refractivity contribution in [2.24, 2.45) is 0 Å². The van der Waals surface area contributed by atoms with Gasteiger partial charge in [-0.15, -0.1) is 0 Å². The zero-order valence-corrected chi connectivity index (χ0v) is 30.3. The summed E-state index contributed by atoms with van der Waals surface area (Å²) in [5, 5.41) is 11.5. The van der Waals surface area contributed by atoms with E-state index in [4.69, 9.17) is 4.98 Å². The van der Waals surface area contributed by atoms with E-state index in [-0.39, 0.29) is 5.41 Å². The van der Waals surface area contributed by atoms with E-state index in [1.54, 1.807) is 0 Å². The average Bonchev–Trinajstić information content (AvgIpc) is 3.65. The zero-order valence-electron chi connectivity index (χ0n) is 30.3. The number of aromatic nitrogens is 2. The van der Waals surface area contributed by atoms with Gasteiger partial charge in [0.2, 0.25) is 0 Å². The van der Waals surface area contributed by atoms with Gasteiger partial charge in [-0.25, -0.2) is 4.98 Å². The van der Waals surface area contributed by atoms with Gasteiger partial charge in [0.1, 0.15) is 5.82 Å². The summed E-state index contributed by atoms with van der Waals surface area (Å²) in [4.78, 5) is 5.51. The van der Waals surface area contributed by atoms with Crippen molar-refractivity contribution in [3.8, 4) is 28.1 Å². The molecule has 0 saturated carbocycles. The SMILES string of the molecule is CC1(C)c2ccccc2-c2cc3c4cc5c(cc4n(-c4cc(-c6ccc7ccccc7c6)c6ccccc6n4)c3cc21)c1c(c2ccccc25)C=CCC1. The van der Waals surface area contributed by atoms with Crippen molar-refractivity contribution >= 4 is 71.1 Å². The Balaban J connectivity index is 1.24. The average molecular weight is 689 g/mol. The number of benzene rings is 8. The third kappa shape index (κ3) is 4.03. The number of aryl methyl sites for hydroxylation is 1. The second-order valence-electron chi connectivity index (χ2n) is 15.8. The topological polar surface area (TPSA) is 17.8 Å². The molecule has 0 amide bonds. The molecule has 254 valence electrons. The number of pyridine rings is 1. The minimum Gasteiger partial charge on any atom is -0.294 e. The van der Waals surface area contributed by atoms with Gasteiger partial charge in [0, 0.05) is 21.6 Å². The fraction of sp³-hybridized carbons (Fsp3) is 0.0962. The summed E-state index contributed by atoms with van der Waals surface area (Å²) in [6, 6.07) is 54.4. The molecular weight excluding hydrogens is 653 g/mol. The van der Waals surface area contributed by atoms with Crippen LogP contribution in [0.15, 0.2) is 152 Å². The van der Waals surface area contributed by atoms with E-state index in [0.29, 0.717) is 0 Å². The van der Waals surface area contributed by atoms with Crippen molar-refractivity contribution in [3.05, 3.63) is 174 Å². The molecule has 2 heterocycles. The Morgan fingerprint density at radius 2 is 1.26 bits per heavy atom. The quantitative estimate of drug-likeness (QED) is 0.165. The van der Waals surface area contributed by atoms with Crippen molar-refractivity contribution in [2.45, 2.75) is 32.1 Å². The molecule has 2 aromatic heterocycles. The molecule has 2 heteroatoms. The summed E-state index contributed by atoms with van der Waals surface area (Å²) in [5.41, 5.74) is 13.9. The lowest BCUT2D eigenvalue weighted by Crippen LogP contribution is -2.15. The van der Waals surface area contributed by atoms with Crippen LogP contribution in [0.2, 0.25) is 0 Å². The van der Waals surface area contributed by atoms with Crippen LogP contribution in [0.5, 0.6) is 0 Å². The molecule has 0 saturated heterocycles. The van der Waals surface area contributed by atoms with E-state index >= 15 is 0 Å². The van der Waals surface area contributed by atoms with Crippen LogP contribution in [0.3, 0.4) is 0 Å². The lowest BCUT2D eigenvalue weighted by molar-refractivity contribution is 0.661. The molecule has 12 rings (SSSR count). The van der Waals surface area contributed by atoms with E-state index in [9.17, 15) is 0 Å². The number of fused-ring (bicyclic) bond motifs is 14. The Morgan fingerprint density at radius 1 is 0.519 bits per heavy atom. The Labute approximate surface area is 313 Å². The summed E-state index contributed by atoms with van der Waals surface area (Å²) in [5.74, 6) is 0.944. The van der Waals surface area contributed by atoms with Gasteiger partial charge in [-0.3, -0.25) is 4.57 Å². The van der Waals surface area contributed by atoms with Crippen LogP contribution in [0, 0.1) is 0 Å². The summed E-state index contributed by atoms with van der Waals surface area (Å²) in [6.45, 7) is 4.76. The minimum atomic E-state index is -0.124. The molecule has 8 aromatic carbocycles. The van der Waals surface area contributed by atoms with E-state index in [1.807, 2.05) is 0 Å². The van der Waals surface area contributed by atoms with E-state index in [2.05, 4.69) is 176 Å². The maximum Gasteiger partial charge on any atom is 0.138 e. The Hall–Kier alpha value is -6.51. The van der Waals surface area contributed by atoms with Crippen LogP contribution in [0.1, 0.15) is 42.5 Å². The number of allylic oxidation sites excluding steroid dienone is 1. The molecule has 2 nitrogen and oxygen atoms in total. The summed E-state index contributed by atoms with van der Waals surface area (Å²) in [6.07, 6.45) is 6.79. The normalized spacial score (nSPS) is 14.4. The van der Waals surface area contributed by atoms with Gasteiger partial charge in [-0.1, -0.05) is 129 Å². The Morgan fingerprint density at radius 3 is 2.17 bits per heavy atom. The molecule has 0 aliphatic heterocycles. The fourth-order valence-corrected chi connectivity index (χ4v) is 10.00. The van der Waals surface area contributed by atoms with Crippen LogP contribution in [-0.2, 0) is 11.8 Å². The molecule has 10 aromatic rings. The molecular formula is C52H36N2. The molecule has 0 bridgehead atoms. The first kappa shape index (κ1) is 30.0. The molecule has 2 aliphatic carbocycles. The largest absolute Gasteiger partial charge is 0.294 e. The summed E-state index contributed by atoms with van der Waals surface area (Å²) in [7, 11) is 0. The first-order chi connectivity index (χ1) is 26.5. The van der Waals surface area contributed by atoms with Gasteiger partial charge < -0.3 is 0 Å². The molecule has 0 fully saturated rings. The van der Waals surface area contributed by atoms with Gasteiger partial charge in [-0.05, 0) is 132 Å². The molecule has 0 radical (unpaired) electrons. The van der Waals surface area contributed by atoms with Crippen LogP contribution < -0.4 is 0 Å². The first-order valence-electron chi connectivity index (χ1n) is 19.2. The Kier molecular flexibility index (Phi) is 5.99. The van der Waals surface area contributed by atoms with Crippen molar-refractivity contribution in [1.82, 2.24) is 9.55 Å². The van der Waals surface area contributed by atoms with E-state index < -0.39 is 0 Å². The fourth-order valence-electron chi connectivity index (χ4n) is 10.00. The zero-order chi connectivity index (χ0) is 35.7. The highest BCUT2D eigenvalue weighted by Gasteiger charge is 2.36. The van der Waals surface area contributed by atoms with Crippen molar-refractivity contribution in [1.29, 1.82) is 0 Å². The second-order valence-corrected chi connectivity index (χ2v) is 15.8. The highest BCUT2D eigenvalue weighted by Crippen LogP contribution is 2.52. The van der Waals surface area contributed by atoms with E-state index in [1.165, 1.54) is 98.6 Å². The molecule has 0 N–H and O–H groups in total. The lowest BCUT2D eigenvalue weighted by atomic mass is 9.82. The van der Waals surface area contributed by atoms with Crippen molar-refractivity contribution in [2.75, 3.05) is 0 Å². The van der Waals surface area contributed by atoms with Crippen LogP contribution in [0.25, 0.3) is 99.2 Å². The van der Waals surface area contributed by atoms with Crippen molar-refractivity contribution < 1.29 is 0 Å². The number of hydrogen-bond acceptors (Lipinski definition) is 1. The molecule has 0 unspecified atom stereocenters. The monoisotopic (exact) mass is 688 g/mol. The maximum absolute atomic E-state index is 5.51. The predicted octanol–water partition coefficient (Wildman–Crippen LogP) is 13.7. The smallest absolute Gasteiger partial charge is 0.138 e. The summed E-state index contributed by atoms with van der Waals surface area (Å²) < 4.78 is 2.47. The number of rotatable bonds is 2. The lowest BCUT2D eigenvalue weighted by Gasteiger charge is -2.21. The second kappa shape index (κ2) is 10.8. The van der Waals surface area contributed by atoms with Crippen LogP contribution in [-0.4, -0.2) is 9.55 Å². The molecule has 2 aliphatic rings. The van der Waals surface area contributed by atoms with Crippen LogP contribution >= 0.6 is 0 Å². The maximum atomic E-state index is 5.51. The number of nitrogens with zero attached hydrogens (tertiary/aromatic N) is 2. The standard InChI is InChI=1S/C52H36N2/c1-52(2)46-21-11-9-19-38(46)43-27-45-44-26-41-36-17-7-5-15-34(36)35-16-6-8-18-37(35)42(41)28-49(44)54(50(45)30-47(43)52)51-29-40(39-20-10-12-22-48(39)53-51)33-24-23-31-13-3-4-14-32(31)25-33/h3-7,9-17,19-30H,8,18H2,1-2H3. The summed E-state index contributed by atoms with van der Waals surface area (Å²) >= 11 is 0. The van der Waals surface area contributed by atoms with Gasteiger partial charge in [-0.2, -0.15) is 0 Å². The third-order valence-corrected chi connectivity index (χ3v) is 12.6. The highest BCUT2D eigenvalue weighted by atomic mass is 15.1. The number of para-hydroxylation sites is 1. The van der Waals surface area contributed by atoms with Gasteiger partial charge in [0.05, 0.1) is 16.6 Å². The van der Waals surface area contributed by atoms with Crippen molar-refractivity contribution in [3.63, 3.8) is 0 Å². The predicted molar refractivity (Wildman–Crippen MR) is 229 cm³/mol. The first-order valence-corrected chi connectivity index (χ1v) is 19.2. The minimum absolute atomic E-state index is 0.124. The van der Waals surface area contributed by atoms with Gasteiger partial charge >= 0.3 is 0 Å². The third-order valence-electron chi connectivity index (χ3n) is 12.6. The van der Waals surface area contributed by atoms with Crippen LogP contribution in [0.4, 0.5) is 0 Å². The molecule has 0 atom stereocenters. The molecule has 54 heavy (non-hydrogen) atoms. The van der Waals surface area contributed by atoms with E-state index in [0.717, 1.165) is 29.6 Å². The van der Waals surface area contributed by atoms with Gasteiger partial charge in [0.15, 0.2) is 0 Å².